The zero-order valence-corrected chi connectivity index (χ0v) is 8.42. The minimum Gasteiger partial charge on any atom is -0.390 e. The van der Waals surface area contributed by atoms with E-state index in [1.807, 2.05) is 13.8 Å². The first-order chi connectivity index (χ1) is 5.57. The van der Waals surface area contributed by atoms with Gasteiger partial charge in [0.05, 0.1) is 10.6 Å². The molecule has 0 radical (unpaired) electrons. The second kappa shape index (κ2) is 3.27. The van der Waals surface area contributed by atoms with Gasteiger partial charge in [-0.25, -0.2) is 0 Å². The highest BCUT2D eigenvalue weighted by atomic mass is 32.1. The largest absolute Gasteiger partial charge is 0.390 e. The third-order valence-electron chi connectivity index (χ3n) is 1.94. The molecular formula is C9H13NOS. The van der Waals surface area contributed by atoms with E-state index in [0.717, 1.165) is 17.5 Å². The Morgan fingerprint density at radius 2 is 2.17 bits per heavy atom. The SMILES string of the molecule is CCc1c(C)sc(N)c1C(C)=O. The van der Waals surface area contributed by atoms with Crippen molar-refractivity contribution in [3.8, 4) is 0 Å². The summed E-state index contributed by atoms with van der Waals surface area (Å²) in [5, 5.41) is 0.664. The van der Waals surface area contributed by atoms with Crippen LogP contribution in [-0.4, -0.2) is 5.78 Å². The molecule has 0 aliphatic rings. The molecule has 0 bridgehead atoms. The van der Waals surface area contributed by atoms with Crippen molar-refractivity contribution >= 4 is 22.1 Å². The van der Waals surface area contributed by atoms with Crippen molar-refractivity contribution in [3.05, 3.63) is 16.0 Å². The molecular weight excluding hydrogens is 170 g/mol. The average Bonchev–Trinajstić information content (AvgIpc) is 2.24. The lowest BCUT2D eigenvalue weighted by Crippen LogP contribution is -1.99. The highest BCUT2D eigenvalue weighted by molar-refractivity contribution is 7.16. The van der Waals surface area contributed by atoms with Crippen LogP contribution >= 0.6 is 11.3 Å². The van der Waals surface area contributed by atoms with E-state index in [9.17, 15) is 4.79 Å². The molecule has 2 nitrogen and oxygen atoms in total. The lowest BCUT2D eigenvalue weighted by Gasteiger charge is -1.98. The normalized spacial score (nSPS) is 10.2. The van der Waals surface area contributed by atoms with Gasteiger partial charge in [0.1, 0.15) is 0 Å². The second-order valence-electron chi connectivity index (χ2n) is 2.79. The maximum atomic E-state index is 11.2. The summed E-state index contributed by atoms with van der Waals surface area (Å²) in [7, 11) is 0. The van der Waals surface area contributed by atoms with Crippen molar-refractivity contribution in [2.75, 3.05) is 5.73 Å². The highest BCUT2D eigenvalue weighted by Crippen LogP contribution is 2.30. The number of aryl methyl sites for hydroxylation is 1. The molecule has 12 heavy (non-hydrogen) atoms. The molecule has 0 amide bonds. The molecule has 66 valence electrons. The number of nitrogen functional groups attached to an aromatic ring is 1. The Hall–Kier alpha value is -0.830. The summed E-state index contributed by atoms with van der Waals surface area (Å²) in [6, 6.07) is 0. The zero-order valence-electron chi connectivity index (χ0n) is 7.60. The topological polar surface area (TPSA) is 43.1 Å². The summed E-state index contributed by atoms with van der Waals surface area (Å²) < 4.78 is 0. The maximum Gasteiger partial charge on any atom is 0.163 e. The fraction of sp³-hybridized carbons (Fsp3) is 0.444. The van der Waals surface area contributed by atoms with Gasteiger partial charge >= 0.3 is 0 Å². The van der Waals surface area contributed by atoms with Crippen LogP contribution in [0.4, 0.5) is 5.00 Å². The second-order valence-corrected chi connectivity index (χ2v) is 4.04. The van der Waals surface area contributed by atoms with Gasteiger partial charge in [-0.2, -0.15) is 0 Å². The Labute approximate surface area is 76.4 Å². The third-order valence-corrected chi connectivity index (χ3v) is 2.92. The zero-order chi connectivity index (χ0) is 9.30. The Morgan fingerprint density at radius 3 is 2.50 bits per heavy atom. The molecule has 0 unspecified atom stereocenters. The van der Waals surface area contributed by atoms with Gasteiger partial charge in [-0.3, -0.25) is 4.79 Å². The first kappa shape index (κ1) is 9.26. The van der Waals surface area contributed by atoms with Gasteiger partial charge < -0.3 is 5.73 Å². The highest BCUT2D eigenvalue weighted by Gasteiger charge is 2.15. The lowest BCUT2D eigenvalue weighted by molar-refractivity contribution is 0.101. The van der Waals surface area contributed by atoms with Gasteiger partial charge in [0.2, 0.25) is 0 Å². The Morgan fingerprint density at radius 1 is 1.58 bits per heavy atom. The van der Waals surface area contributed by atoms with Crippen LogP contribution in [0, 0.1) is 6.92 Å². The van der Waals surface area contributed by atoms with Crippen molar-refractivity contribution in [1.29, 1.82) is 0 Å². The number of hydrogen-bond acceptors (Lipinski definition) is 3. The number of Topliss-reactive ketones (excluding diaryl/α,β-unsaturated/α-hetero) is 1. The number of carbonyl (C=O) groups excluding carboxylic acids is 1. The monoisotopic (exact) mass is 183 g/mol. The molecule has 2 N–H and O–H groups in total. The van der Waals surface area contributed by atoms with E-state index in [2.05, 4.69) is 0 Å². The van der Waals surface area contributed by atoms with Crippen LogP contribution in [0.5, 0.6) is 0 Å². The number of hydrogen-bond donors (Lipinski definition) is 1. The van der Waals surface area contributed by atoms with E-state index >= 15 is 0 Å². The van der Waals surface area contributed by atoms with Crippen molar-refractivity contribution in [2.24, 2.45) is 0 Å². The van der Waals surface area contributed by atoms with E-state index in [4.69, 9.17) is 5.73 Å². The molecule has 0 atom stereocenters. The van der Waals surface area contributed by atoms with Gasteiger partial charge in [0.15, 0.2) is 5.78 Å². The van der Waals surface area contributed by atoms with Crippen LogP contribution in [-0.2, 0) is 6.42 Å². The summed E-state index contributed by atoms with van der Waals surface area (Å²) in [5.74, 6) is 0.0775. The molecule has 1 aromatic rings. The van der Waals surface area contributed by atoms with Crippen LogP contribution < -0.4 is 5.73 Å². The summed E-state index contributed by atoms with van der Waals surface area (Å²) >= 11 is 1.51. The molecule has 1 aromatic heterocycles. The average molecular weight is 183 g/mol. The smallest absolute Gasteiger partial charge is 0.163 e. The first-order valence-corrected chi connectivity index (χ1v) is 4.78. The van der Waals surface area contributed by atoms with Crippen LogP contribution in [0.2, 0.25) is 0 Å². The van der Waals surface area contributed by atoms with Gasteiger partial charge in [-0.1, -0.05) is 6.92 Å². The maximum absolute atomic E-state index is 11.2. The molecule has 0 fully saturated rings. The Bertz CT molecular complexity index is 315. The molecule has 0 saturated heterocycles. The molecule has 0 aromatic carbocycles. The van der Waals surface area contributed by atoms with Crippen LogP contribution in [0.25, 0.3) is 0 Å². The minimum atomic E-state index is 0.0775. The van der Waals surface area contributed by atoms with E-state index in [1.54, 1.807) is 6.92 Å². The minimum absolute atomic E-state index is 0.0775. The number of nitrogens with two attached hydrogens (primary N) is 1. The molecule has 1 rings (SSSR count). The van der Waals surface area contributed by atoms with Crippen LogP contribution in [0.15, 0.2) is 0 Å². The van der Waals surface area contributed by atoms with Crippen LogP contribution in [0.1, 0.15) is 34.6 Å². The molecule has 1 heterocycles. The number of carbonyl (C=O) groups is 1. The third kappa shape index (κ3) is 1.37. The van der Waals surface area contributed by atoms with Gasteiger partial charge in [0, 0.05) is 4.88 Å². The van der Waals surface area contributed by atoms with Gasteiger partial charge in [-0.15, -0.1) is 11.3 Å². The molecule has 0 aliphatic heterocycles. The van der Waals surface area contributed by atoms with E-state index in [-0.39, 0.29) is 5.78 Å². The van der Waals surface area contributed by atoms with Crippen molar-refractivity contribution in [1.82, 2.24) is 0 Å². The van der Waals surface area contributed by atoms with E-state index in [1.165, 1.54) is 16.2 Å². The van der Waals surface area contributed by atoms with E-state index < -0.39 is 0 Å². The summed E-state index contributed by atoms with van der Waals surface area (Å²) in [6.45, 7) is 5.62. The van der Waals surface area contributed by atoms with Gasteiger partial charge in [0.25, 0.3) is 0 Å². The first-order valence-electron chi connectivity index (χ1n) is 3.96. The predicted octanol–water partition coefficient (Wildman–Crippen LogP) is 2.40. The lowest BCUT2D eigenvalue weighted by atomic mass is 10.1. The quantitative estimate of drug-likeness (QED) is 0.715. The van der Waals surface area contributed by atoms with Crippen molar-refractivity contribution in [2.45, 2.75) is 27.2 Å². The Kier molecular flexibility index (Phi) is 2.52. The summed E-state index contributed by atoms with van der Waals surface area (Å²) in [6.07, 6.45) is 0.883. The molecule has 0 spiro atoms. The molecule has 0 saturated carbocycles. The van der Waals surface area contributed by atoms with Crippen LogP contribution in [0.3, 0.4) is 0 Å². The van der Waals surface area contributed by atoms with Gasteiger partial charge in [-0.05, 0) is 25.8 Å². The predicted molar refractivity (Wildman–Crippen MR) is 52.9 cm³/mol. The Balaban J connectivity index is 3.32. The summed E-state index contributed by atoms with van der Waals surface area (Å²) in [4.78, 5) is 12.4. The molecule has 0 aliphatic carbocycles. The standard InChI is InChI=1S/C9H13NOS/c1-4-7-6(3)12-9(10)8(7)5(2)11/h4,10H2,1-3H3. The molecule has 3 heteroatoms. The fourth-order valence-electron chi connectivity index (χ4n) is 1.41. The number of ketones is 1. The van der Waals surface area contributed by atoms with Crippen molar-refractivity contribution < 1.29 is 4.79 Å². The number of thiophene rings is 1. The van der Waals surface area contributed by atoms with E-state index in [0.29, 0.717) is 5.00 Å². The summed E-state index contributed by atoms with van der Waals surface area (Å²) in [5.41, 5.74) is 7.57. The van der Waals surface area contributed by atoms with Crippen molar-refractivity contribution in [3.63, 3.8) is 0 Å². The number of rotatable bonds is 2. The fourth-order valence-corrected chi connectivity index (χ4v) is 2.48. The number of anilines is 1.